The molecule has 0 radical (unpaired) electrons. The highest BCUT2D eigenvalue weighted by Crippen LogP contribution is 2.71. The van der Waals surface area contributed by atoms with Crippen LogP contribution in [0.15, 0.2) is 6.07 Å². The quantitative estimate of drug-likeness (QED) is 0.294. The number of ketones is 1. The molecule has 2 aromatic rings. The van der Waals surface area contributed by atoms with Crippen LogP contribution in [0.5, 0.6) is 28.7 Å². The van der Waals surface area contributed by atoms with Gasteiger partial charge < -0.3 is 28.8 Å². The maximum Gasteiger partial charge on any atom is 0.375 e. The normalized spacial score (nSPS) is 32.4. The van der Waals surface area contributed by atoms with Gasteiger partial charge in [0.05, 0.1) is 35.8 Å². The van der Waals surface area contributed by atoms with Crippen LogP contribution in [-0.2, 0) is 31.1 Å². The number of methoxy groups -OCH3 is 1. The molecule has 1 saturated carbocycles. The minimum absolute atomic E-state index is 0.0331. The van der Waals surface area contributed by atoms with E-state index >= 15 is 0 Å². The van der Waals surface area contributed by atoms with Crippen molar-refractivity contribution in [2.45, 2.75) is 74.7 Å². The summed E-state index contributed by atoms with van der Waals surface area (Å²) in [5.74, 6) is -0.699. The summed E-state index contributed by atoms with van der Waals surface area (Å²) >= 11 is 1.23. The molecule has 8 rings (SSSR count). The molecule has 5 heterocycles. The van der Waals surface area contributed by atoms with Crippen molar-refractivity contribution in [2.24, 2.45) is 0 Å². The molecule has 1 spiro atoms. The topological polar surface area (TPSA) is 148 Å². The Balaban J connectivity index is 1.48. The Kier molecular flexibility index (Phi) is 6.02. The van der Waals surface area contributed by atoms with Crippen molar-refractivity contribution >= 4 is 29.5 Å². The summed E-state index contributed by atoms with van der Waals surface area (Å²) in [7, 11) is 3.47. The van der Waals surface area contributed by atoms with E-state index in [1.165, 1.54) is 25.8 Å². The molecule has 0 aromatic heterocycles. The first-order valence-electron chi connectivity index (χ1n) is 14.8. The number of carbonyl (C=O) groups is 3. The first kappa shape index (κ1) is 28.5. The standard InChI is InChI=1S/C32H31N3O9S/c1-12-6-15-7-16-17(9-33)35-24(23(34(16)4)20(15)25(38)26(12)40-5)30-21-22(32(35)8-19(32)44-31(39)18(37)10-45-30)29-28(41-11-42-29)13(2)27(21)43-14(3)36/h6,16-17,19,23-24,30,38H,7-8,10-11H2,1-5H3/t16-,17-,19?,23+,24?,30+,32?/m0/s1. The van der Waals surface area contributed by atoms with Gasteiger partial charge in [0, 0.05) is 47.7 Å². The lowest BCUT2D eigenvalue weighted by Gasteiger charge is -2.62. The van der Waals surface area contributed by atoms with E-state index in [1.807, 2.05) is 20.0 Å². The van der Waals surface area contributed by atoms with Crippen molar-refractivity contribution in [3.8, 4) is 34.8 Å². The predicted octanol–water partition coefficient (Wildman–Crippen LogP) is 2.73. The molecule has 2 saturated heterocycles. The van der Waals surface area contributed by atoms with Crippen LogP contribution in [0.4, 0.5) is 0 Å². The fourth-order valence-corrected chi connectivity index (χ4v) is 10.0. The highest BCUT2D eigenvalue weighted by Gasteiger charge is 2.74. The van der Waals surface area contributed by atoms with Crippen LogP contribution < -0.4 is 18.9 Å². The highest BCUT2D eigenvalue weighted by atomic mass is 32.2. The van der Waals surface area contributed by atoms with E-state index in [0.29, 0.717) is 58.1 Å². The third-order valence-electron chi connectivity index (χ3n) is 10.4. The molecule has 5 aliphatic heterocycles. The van der Waals surface area contributed by atoms with E-state index in [4.69, 9.17) is 23.7 Å². The van der Waals surface area contributed by atoms with Crippen molar-refractivity contribution in [2.75, 3.05) is 26.7 Å². The lowest BCUT2D eigenvalue weighted by atomic mass is 9.70. The number of hydrogen-bond acceptors (Lipinski definition) is 13. The zero-order valence-corrected chi connectivity index (χ0v) is 26.1. The largest absolute Gasteiger partial charge is 0.504 e. The molecule has 2 aromatic carbocycles. The maximum atomic E-state index is 13.1. The SMILES string of the molecule is COc1c(C)cc2c(c1O)[C@@H]1C3[C@@H]4SCC(=O)C(=O)OC5CC5(c5c6c(c(C)c(OC(C)=O)c54)OCO6)N3[C@@H](C#N)[C@H](C2)N1C. The smallest absolute Gasteiger partial charge is 0.375 e. The summed E-state index contributed by atoms with van der Waals surface area (Å²) in [6.45, 7) is 4.95. The van der Waals surface area contributed by atoms with Gasteiger partial charge in [-0.2, -0.15) is 5.26 Å². The molecule has 12 nitrogen and oxygen atoms in total. The molecule has 4 bridgehead atoms. The summed E-state index contributed by atoms with van der Waals surface area (Å²) in [4.78, 5) is 42.9. The minimum atomic E-state index is -1.08. The van der Waals surface area contributed by atoms with Gasteiger partial charge in [-0.15, -0.1) is 11.8 Å². The Morgan fingerprint density at radius 2 is 1.96 bits per heavy atom. The number of piperazine rings is 1. The average Bonchev–Trinajstić information content (AvgIpc) is 3.44. The van der Waals surface area contributed by atoms with Gasteiger partial charge in [-0.3, -0.25) is 19.4 Å². The number of likely N-dealkylation sites (N-methyl/N-ethyl adjacent to an activating group) is 1. The van der Waals surface area contributed by atoms with Crippen molar-refractivity contribution in [1.82, 2.24) is 9.80 Å². The Hall–Kier alpha value is -3.99. The lowest BCUT2D eigenvalue weighted by molar-refractivity contribution is -0.157. The zero-order chi connectivity index (χ0) is 31.7. The third kappa shape index (κ3) is 3.53. The number of aromatic hydroxyl groups is 1. The Bertz CT molecular complexity index is 1790. The second kappa shape index (κ2) is 9.51. The molecule has 3 unspecified atom stereocenters. The maximum absolute atomic E-state index is 13.1. The number of nitriles is 1. The Labute approximate surface area is 263 Å². The van der Waals surface area contributed by atoms with Gasteiger partial charge in [0.2, 0.25) is 12.6 Å². The summed E-state index contributed by atoms with van der Waals surface area (Å²) < 4.78 is 29.5. The molecule has 45 heavy (non-hydrogen) atoms. The molecule has 234 valence electrons. The van der Waals surface area contributed by atoms with E-state index in [1.54, 1.807) is 6.92 Å². The number of fused-ring (bicyclic) bond motifs is 8. The number of rotatable bonds is 2. The van der Waals surface area contributed by atoms with Crippen molar-refractivity contribution in [3.05, 3.63) is 39.4 Å². The molecular formula is C32H31N3O9S. The summed E-state index contributed by atoms with van der Waals surface area (Å²) in [6.07, 6.45) is 0.0137. The molecule has 3 fully saturated rings. The molecular weight excluding hydrogens is 602 g/mol. The van der Waals surface area contributed by atoms with Crippen LogP contribution in [0.25, 0.3) is 0 Å². The van der Waals surface area contributed by atoms with Crippen LogP contribution in [-0.4, -0.2) is 83.6 Å². The number of phenols is 1. The van der Waals surface area contributed by atoms with Crippen LogP contribution >= 0.6 is 11.8 Å². The van der Waals surface area contributed by atoms with E-state index in [0.717, 1.165) is 11.1 Å². The number of aryl methyl sites for hydroxylation is 1. The number of ether oxygens (including phenoxy) is 5. The minimum Gasteiger partial charge on any atom is -0.504 e. The first-order chi connectivity index (χ1) is 21.5. The number of hydrogen-bond donors (Lipinski definition) is 1. The monoisotopic (exact) mass is 633 g/mol. The highest BCUT2D eigenvalue weighted by molar-refractivity contribution is 8.00. The van der Waals surface area contributed by atoms with Crippen molar-refractivity contribution in [1.29, 1.82) is 5.26 Å². The number of esters is 2. The van der Waals surface area contributed by atoms with Gasteiger partial charge in [-0.1, -0.05) is 6.07 Å². The Morgan fingerprint density at radius 3 is 2.67 bits per heavy atom. The fraction of sp³-hybridized carbons (Fsp3) is 0.500. The molecule has 6 aliphatic rings. The van der Waals surface area contributed by atoms with Gasteiger partial charge in [-0.25, -0.2) is 4.79 Å². The summed E-state index contributed by atoms with van der Waals surface area (Å²) in [5, 5.41) is 22.1. The molecule has 13 heteroatoms. The first-order valence-corrected chi connectivity index (χ1v) is 15.9. The van der Waals surface area contributed by atoms with Gasteiger partial charge >= 0.3 is 11.9 Å². The Morgan fingerprint density at radius 1 is 1.20 bits per heavy atom. The molecule has 1 N–H and O–H groups in total. The predicted molar refractivity (Wildman–Crippen MR) is 157 cm³/mol. The lowest BCUT2D eigenvalue weighted by Crippen LogP contribution is -2.71. The fourth-order valence-electron chi connectivity index (χ4n) is 8.70. The van der Waals surface area contributed by atoms with Crippen molar-refractivity contribution in [3.63, 3.8) is 0 Å². The van der Waals surface area contributed by atoms with Crippen molar-refractivity contribution < 1.29 is 43.2 Å². The third-order valence-corrected chi connectivity index (χ3v) is 11.7. The number of thioether (sulfide) groups is 1. The van der Waals surface area contributed by atoms with Gasteiger partial charge in [0.25, 0.3) is 0 Å². The second-order valence-corrected chi connectivity index (χ2v) is 13.7. The van der Waals surface area contributed by atoms with E-state index in [2.05, 4.69) is 15.9 Å². The van der Waals surface area contributed by atoms with Gasteiger partial charge in [0.1, 0.15) is 17.9 Å². The number of nitrogens with zero attached hydrogens (tertiary/aromatic N) is 3. The van der Waals surface area contributed by atoms with Gasteiger partial charge in [0.15, 0.2) is 23.0 Å². The molecule has 7 atom stereocenters. The average molecular weight is 634 g/mol. The second-order valence-electron chi connectivity index (χ2n) is 12.6. The number of carbonyl (C=O) groups excluding carboxylic acids is 3. The molecule has 1 aliphatic carbocycles. The summed E-state index contributed by atoms with van der Waals surface area (Å²) in [5.41, 5.74) is 3.21. The van der Waals surface area contributed by atoms with Crippen LogP contribution in [0.1, 0.15) is 58.0 Å². The number of phenolic OH excluding ortho intramolecular Hbond substituents is 1. The van der Waals surface area contributed by atoms with E-state index < -0.39 is 52.7 Å². The number of Topliss-reactive ketones (excluding diaryl/α,β-unsaturated/α-hetero) is 1. The van der Waals surface area contributed by atoms with Crippen LogP contribution in [0, 0.1) is 25.2 Å². The van der Waals surface area contributed by atoms with E-state index in [-0.39, 0.29) is 24.3 Å². The molecule has 0 amide bonds. The van der Waals surface area contributed by atoms with Gasteiger partial charge in [-0.05, 0) is 38.4 Å². The van der Waals surface area contributed by atoms with Crippen LogP contribution in [0.2, 0.25) is 0 Å². The summed E-state index contributed by atoms with van der Waals surface area (Å²) in [6, 6.07) is 2.66. The zero-order valence-electron chi connectivity index (χ0n) is 25.3. The van der Waals surface area contributed by atoms with Crippen LogP contribution in [0.3, 0.4) is 0 Å². The number of benzene rings is 2. The van der Waals surface area contributed by atoms with E-state index in [9.17, 15) is 24.8 Å².